The first kappa shape index (κ1) is 28.6. The van der Waals surface area contributed by atoms with Crippen LogP contribution in [0, 0.1) is 20.8 Å². The Hall–Kier alpha value is -4.43. The van der Waals surface area contributed by atoms with Gasteiger partial charge in [0.15, 0.2) is 0 Å². The summed E-state index contributed by atoms with van der Waals surface area (Å²) < 4.78 is 27.2. The highest BCUT2D eigenvalue weighted by Crippen LogP contribution is 2.32. The number of carbonyl (C=O) groups is 2. The molecule has 0 bridgehead atoms. The van der Waals surface area contributed by atoms with Crippen molar-refractivity contribution in [3.8, 4) is 0 Å². The number of anilines is 2. The van der Waals surface area contributed by atoms with Gasteiger partial charge in [-0.15, -0.1) is 0 Å². The Labute approximate surface area is 235 Å². The lowest BCUT2D eigenvalue weighted by atomic mass is 10.1. The van der Waals surface area contributed by atoms with E-state index in [9.17, 15) is 18.0 Å². The highest BCUT2D eigenvalue weighted by Gasteiger charge is 2.25. The lowest BCUT2D eigenvalue weighted by Crippen LogP contribution is -2.28. The van der Waals surface area contributed by atoms with Crippen molar-refractivity contribution < 1.29 is 18.0 Å². The number of hydrogen-bond donors (Lipinski definition) is 3. The Kier molecular flexibility index (Phi) is 9.01. The second-order valence-corrected chi connectivity index (χ2v) is 11.5. The van der Waals surface area contributed by atoms with Crippen LogP contribution in [0.4, 0.5) is 11.4 Å². The van der Waals surface area contributed by atoms with Gasteiger partial charge in [-0.2, -0.15) is 0 Å². The molecule has 0 fully saturated rings. The van der Waals surface area contributed by atoms with Crippen molar-refractivity contribution in [1.82, 2.24) is 5.32 Å². The number of benzene rings is 4. The standard InChI is InChI=1S/C32H33N3O4S/c1-22-13-16-26(17-14-22)40(38,39)31-24(3)23(2)15-18-29(31)34-21-30(36)35-28-12-8-7-11-27(28)32(37)33-20-19-25-9-5-4-6-10-25/h4-18,34H,19-21H2,1-3H3,(H,33,37)(H,35,36). The van der Waals surface area contributed by atoms with E-state index in [1.54, 1.807) is 61.5 Å². The normalized spacial score (nSPS) is 11.1. The van der Waals surface area contributed by atoms with Gasteiger partial charge in [-0.3, -0.25) is 9.59 Å². The summed E-state index contributed by atoms with van der Waals surface area (Å²) in [4.78, 5) is 26.1. The van der Waals surface area contributed by atoms with Crippen molar-refractivity contribution in [1.29, 1.82) is 0 Å². The summed E-state index contributed by atoms with van der Waals surface area (Å²) in [5, 5.41) is 8.68. The van der Waals surface area contributed by atoms with Crippen molar-refractivity contribution in [3.63, 3.8) is 0 Å². The molecule has 0 spiro atoms. The van der Waals surface area contributed by atoms with E-state index in [2.05, 4.69) is 16.0 Å². The Morgan fingerprint density at radius 3 is 2.15 bits per heavy atom. The zero-order chi connectivity index (χ0) is 28.7. The maximum atomic E-state index is 13.6. The molecule has 0 aliphatic carbocycles. The number of amides is 2. The lowest BCUT2D eigenvalue weighted by Gasteiger charge is -2.17. The lowest BCUT2D eigenvalue weighted by molar-refractivity contribution is -0.114. The van der Waals surface area contributed by atoms with Crippen LogP contribution in [0.3, 0.4) is 0 Å². The summed E-state index contributed by atoms with van der Waals surface area (Å²) in [6.45, 7) is 5.77. The first-order chi connectivity index (χ1) is 19.2. The van der Waals surface area contributed by atoms with Crippen molar-refractivity contribution in [2.75, 3.05) is 23.7 Å². The van der Waals surface area contributed by atoms with E-state index in [4.69, 9.17) is 0 Å². The molecule has 4 aromatic carbocycles. The van der Waals surface area contributed by atoms with Crippen LogP contribution in [0.5, 0.6) is 0 Å². The van der Waals surface area contributed by atoms with Gasteiger partial charge in [-0.05, 0) is 74.2 Å². The molecule has 0 aliphatic heterocycles. The molecule has 0 heterocycles. The quantitative estimate of drug-likeness (QED) is 0.241. The molecular formula is C32H33N3O4S. The van der Waals surface area contributed by atoms with Gasteiger partial charge in [-0.25, -0.2) is 8.42 Å². The first-order valence-corrected chi connectivity index (χ1v) is 14.5. The van der Waals surface area contributed by atoms with Gasteiger partial charge in [0.05, 0.1) is 33.3 Å². The Balaban J connectivity index is 1.46. The minimum atomic E-state index is -3.84. The predicted octanol–water partition coefficient (Wildman–Crippen LogP) is 5.47. The molecule has 3 N–H and O–H groups in total. The molecule has 0 saturated heterocycles. The third-order valence-corrected chi connectivity index (χ3v) is 8.66. The number of aryl methyl sites for hydroxylation is 2. The SMILES string of the molecule is Cc1ccc(S(=O)(=O)c2c(NCC(=O)Nc3ccccc3C(=O)NCCc3ccccc3)ccc(C)c2C)cc1. The number of carbonyl (C=O) groups excluding carboxylic acids is 2. The van der Waals surface area contributed by atoms with Crippen LogP contribution in [0.2, 0.25) is 0 Å². The molecule has 0 saturated carbocycles. The topological polar surface area (TPSA) is 104 Å². The van der Waals surface area contributed by atoms with E-state index >= 15 is 0 Å². The summed E-state index contributed by atoms with van der Waals surface area (Å²) in [5.74, 6) is -0.707. The number of hydrogen-bond acceptors (Lipinski definition) is 5. The predicted molar refractivity (Wildman–Crippen MR) is 159 cm³/mol. The third-order valence-electron chi connectivity index (χ3n) is 6.70. The van der Waals surface area contributed by atoms with E-state index in [1.165, 1.54) is 0 Å². The van der Waals surface area contributed by atoms with E-state index < -0.39 is 15.7 Å². The second kappa shape index (κ2) is 12.6. The smallest absolute Gasteiger partial charge is 0.253 e. The van der Waals surface area contributed by atoms with Crippen LogP contribution in [0.25, 0.3) is 0 Å². The van der Waals surface area contributed by atoms with Gasteiger partial charge in [0.1, 0.15) is 0 Å². The maximum Gasteiger partial charge on any atom is 0.253 e. The minimum absolute atomic E-state index is 0.141. The summed E-state index contributed by atoms with van der Waals surface area (Å²) >= 11 is 0. The zero-order valence-electron chi connectivity index (χ0n) is 22.8. The fourth-order valence-electron chi connectivity index (χ4n) is 4.33. The van der Waals surface area contributed by atoms with E-state index in [0.29, 0.717) is 35.5 Å². The average Bonchev–Trinajstić information content (AvgIpc) is 2.94. The van der Waals surface area contributed by atoms with Crippen molar-refractivity contribution in [2.45, 2.75) is 37.0 Å². The molecule has 8 heteroatoms. The Morgan fingerprint density at radius 1 is 0.750 bits per heavy atom. The highest BCUT2D eigenvalue weighted by molar-refractivity contribution is 7.91. The van der Waals surface area contributed by atoms with E-state index in [1.807, 2.05) is 50.2 Å². The monoisotopic (exact) mass is 555 g/mol. The van der Waals surface area contributed by atoms with Crippen molar-refractivity contribution in [3.05, 3.63) is 119 Å². The largest absolute Gasteiger partial charge is 0.375 e. The summed E-state index contributed by atoms with van der Waals surface area (Å²) in [6.07, 6.45) is 0.689. The van der Waals surface area contributed by atoms with E-state index in [0.717, 1.165) is 16.7 Å². The fraction of sp³-hybridized carbons (Fsp3) is 0.188. The molecular weight excluding hydrogens is 522 g/mol. The number of para-hydroxylation sites is 1. The Bertz CT molecular complexity index is 1620. The molecule has 0 atom stereocenters. The molecule has 0 radical (unpaired) electrons. The van der Waals surface area contributed by atoms with Crippen LogP contribution >= 0.6 is 0 Å². The highest BCUT2D eigenvalue weighted by atomic mass is 32.2. The van der Waals surface area contributed by atoms with Crippen LogP contribution in [-0.4, -0.2) is 33.3 Å². The van der Waals surface area contributed by atoms with Crippen LogP contribution in [0.1, 0.15) is 32.6 Å². The molecule has 0 aromatic heterocycles. The number of nitrogens with one attached hydrogen (secondary N) is 3. The zero-order valence-corrected chi connectivity index (χ0v) is 23.6. The summed E-state index contributed by atoms with van der Waals surface area (Å²) in [6, 6.07) is 26.8. The van der Waals surface area contributed by atoms with Gasteiger partial charge in [0, 0.05) is 6.54 Å². The fourth-order valence-corrected chi connectivity index (χ4v) is 6.06. The average molecular weight is 556 g/mol. The van der Waals surface area contributed by atoms with Gasteiger partial charge < -0.3 is 16.0 Å². The summed E-state index contributed by atoms with van der Waals surface area (Å²) in [5.41, 5.74) is 4.57. The molecule has 0 aliphatic rings. The van der Waals surface area contributed by atoms with Crippen molar-refractivity contribution >= 4 is 33.0 Å². The van der Waals surface area contributed by atoms with Crippen molar-refractivity contribution in [2.24, 2.45) is 0 Å². The van der Waals surface area contributed by atoms with Gasteiger partial charge >= 0.3 is 0 Å². The second-order valence-electron chi connectivity index (χ2n) is 9.64. The molecule has 0 unspecified atom stereocenters. The van der Waals surface area contributed by atoms with Gasteiger partial charge in [0.25, 0.3) is 5.91 Å². The van der Waals surface area contributed by atoms with Crippen LogP contribution < -0.4 is 16.0 Å². The Morgan fingerprint density at radius 2 is 1.43 bits per heavy atom. The molecule has 2 amide bonds. The molecule has 4 aromatic rings. The molecule has 4 rings (SSSR count). The maximum absolute atomic E-state index is 13.6. The first-order valence-electron chi connectivity index (χ1n) is 13.0. The molecule has 40 heavy (non-hydrogen) atoms. The third kappa shape index (κ3) is 6.76. The van der Waals surface area contributed by atoms with Gasteiger partial charge in [0.2, 0.25) is 15.7 Å². The van der Waals surface area contributed by atoms with Crippen LogP contribution in [0.15, 0.2) is 101 Å². The molecule has 7 nitrogen and oxygen atoms in total. The van der Waals surface area contributed by atoms with Crippen LogP contribution in [-0.2, 0) is 21.1 Å². The summed E-state index contributed by atoms with van der Waals surface area (Å²) in [7, 11) is -3.84. The van der Waals surface area contributed by atoms with Gasteiger partial charge in [-0.1, -0.05) is 66.2 Å². The number of rotatable bonds is 10. The minimum Gasteiger partial charge on any atom is -0.375 e. The molecule has 206 valence electrons. The number of sulfone groups is 1. The van der Waals surface area contributed by atoms with E-state index in [-0.39, 0.29) is 22.2 Å².